The molecule has 1 aliphatic carbocycles. The number of amides is 1. The first kappa shape index (κ1) is 14.3. The van der Waals surface area contributed by atoms with Gasteiger partial charge < -0.3 is 14.5 Å². The molecule has 1 aliphatic heterocycles. The summed E-state index contributed by atoms with van der Waals surface area (Å²) in [6, 6.07) is 4.01. The van der Waals surface area contributed by atoms with Crippen LogP contribution in [0.3, 0.4) is 0 Å². The molecule has 2 fully saturated rings. The molecule has 0 unspecified atom stereocenters. The minimum atomic E-state index is 0.0907. The molecule has 2 aliphatic rings. The molecule has 1 saturated carbocycles. The molecular formula is C16H23N3O2. The van der Waals surface area contributed by atoms with Gasteiger partial charge in [-0.3, -0.25) is 4.79 Å². The van der Waals surface area contributed by atoms with Gasteiger partial charge >= 0.3 is 0 Å². The van der Waals surface area contributed by atoms with Crippen LogP contribution in [-0.2, 0) is 4.74 Å². The minimum absolute atomic E-state index is 0.0907. The third-order valence-corrected chi connectivity index (χ3v) is 4.45. The lowest BCUT2D eigenvalue weighted by Gasteiger charge is -2.43. The van der Waals surface area contributed by atoms with E-state index in [0.717, 1.165) is 18.7 Å². The van der Waals surface area contributed by atoms with E-state index in [1.807, 2.05) is 36.0 Å². The lowest BCUT2D eigenvalue weighted by molar-refractivity contribution is -0.0752. The van der Waals surface area contributed by atoms with Crippen LogP contribution in [0.15, 0.2) is 18.3 Å². The second-order valence-electron chi connectivity index (χ2n) is 6.06. The van der Waals surface area contributed by atoms with Crippen LogP contribution in [0.1, 0.15) is 36.0 Å². The van der Waals surface area contributed by atoms with Gasteiger partial charge in [0.1, 0.15) is 5.82 Å². The Morgan fingerprint density at radius 3 is 2.86 bits per heavy atom. The summed E-state index contributed by atoms with van der Waals surface area (Å²) in [6.45, 7) is 1.34. The van der Waals surface area contributed by atoms with Crippen molar-refractivity contribution in [1.29, 1.82) is 0 Å². The summed E-state index contributed by atoms with van der Waals surface area (Å²) in [5, 5.41) is 0. The number of hydrogen-bond donors (Lipinski definition) is 0. The molecule has 0 radical (unpaired) electrons. The molecule has 1 aromatic heterocycles. The summed E-state index contributed by atoms with van der Waals surface area (Å²) < 4.78 is 5.83. The van der Waals surface area contributed by atoms with E-state index in [1.54, 1.807) is 6.20 Å². The van der Waals surface area contributed by atoms with Crippen LogP contribution in [-0.4, -0.2) is 55.2 Å². The first-order valence-electron chi connectivity index (χ1n) is 7.73. The molecule has 1 aromatic rings. The van der Waals surface area contributed by atoms with E-state index in [-0.39, 0.29) is 18.1 Å². The van der Waals surface area contributed by atoms with Gasteiger partial charge in [0.05, 0.1) is 24.3 Å². The van der Waals surface area contributed by atoms with Crippen LogP contribution < -0.4 is 4.90 Å². The van der Waals surface area contributed by atoms with Crippen LogP contribution in [0.25, 0.3) is 0 Å². The van der Waals surface area contributed by atoms with Gasteiger partial charge in [0.15, 0.2) is 0 Å². The topological polar surface area (TPSA) is 45.7 Å². The summed E-state index contributed by atoms with van der Waals surface area (Å²) in [4.78, 5) is 21.0. The Morgan fingerprint density at radius 2 is 2.14 bits per heavy atom. The maximum absolute atomic E-state index is 12.8. The first-order valence-corrected chi connectivity index (χ1v) is 7.73. The number of fused-ring (bicyclic) bond motifs is 1. The number of hydrogen-bond acceptors (Lipinski definition) is 4. The zero-order valence-electron chi connectivity index (χ0n) is 12.8. The average Bonchev–Trinajstić information content (AvgIpc) is 2.53. The fourth-order valence-corrected chi connectivity index (χ4v) is 3.29. The number of nitrogens with zero attached hydrogens (tertiary/aromatic N) is 3. The molecule has 1 amide bonds. The van der Waals surface area contributed by atoms with Gasteiger partial charge in [0.2, 0.25) is 0 Å². The minimum Gasteiger partial charge on any atom is -0.374 e. The van der Waals surface area contributed by atoms with Crippen molar-refractivity contribution in [2.75, 3.05) is 32.1 Å². The lowest BCUT2D eigenvalue weighted by Crippen LogP contribution is -2.54. The Bertz CT molecular complexity index is 499. The standard InChI is InChI=1S/C16H23N3O2/c1-18(2)15-8-7-12(11-17-15)16(20)19-9-10-21-14-6-4-3-5-13(14)19/h7-8,11,13-14H,3-6,9-10H2,1-2H3/t13-,14-/m1/s1. The zero-order chi connectivity index (χ0) is 14.8. The maximum Gasteiger partial charge on any atom is 0.255 e. The lowest BCUT2D eigenvalue weighted by atomic mass is 9.90. The molecule has 0 bridgehead atoms. The van der Waals surface area contributed by atoms with E-state index in [4.69, 9.17) is 4.74 Å². The fourth-order valence-electron chi connectivity index (χ4n) is 3.29. The second kappa shape index (κ2) is 6.02. The van der Waals surface area contributed by atoms with Crippen LogP contribution in [0.4, 0.5) is 5.82 Å². The van der Waals surface area contributed by atoms with Gasteiger partial charge in [-0.2, -0.15) is 0 Å². The molecular weight excluding hydrogens is 266 g/mol. The van der Waals surface area contributed by atoms with E-state index in [9.17, 15) is 4.79 Å². The van der Waals surface area contributed by atoms with Crippen molar-refractivity contribution >= 4 is 11.7 Å². The molecule has 0 spiro atoms. The van der Waals surface area contributed by atoms with Crippen molar-refractivity contribution in [2.24, 2.45) is 0 Å². The Hall–Kier alpha value is -1.62. The van der Waals surface area contributed by atoms with Crippen LogP contribution >= 0.6 is 0 Å². The van der Waals surface area contributed by atoms with Crippen LogP contribution in [0, 0.1) is 0 Å². The van der Waals surface area contributed by atoms with Gasteiger partial charge in [-0.15, -0.1) is 0 Å². The number of carbonyl (C=O) groups excluding carboxylic acids is 1. The van der Waals surface area contributed by atoms with Crippen molar-refractivity contribution in [1.82, 2.24) is 9.88 Å². The molecule has 2 atom stereocenters. The summed E-state index contributed by atoms with van der Waals surface area (Å²) in [5.41, 5.74) is 0.673. The third-order valence-electron chi connectivity index (χ3n) is 4.45. The molecule has 21 heavy (non-hydrogen) atoms. The summed E-state index contributed by atoms with van der Waals surface area (Å²) >= 11 is 0. The van der Waals surface area contributed by atoms with Gasteiger partial charge in [-0.1, -0.05) is 12.8 Å². The smallest absolute Gasteiger partial charge is 0.255 e. The highest BCUT2D eigenvalue weighted by Gasteiger charge is 2.36. The van der Waals surface area contributed by atoms with Crippen molar-refractivity contribution in [3.63, 3.8) is 0 Å². The number of carbonyl (C=O) groups is 1. The van der Waals surface area contributed by atoms with E-state index in [0.29, 0.717) is 18.7 Å². The van der Waals surface area contributed by atoms with Crippen molar-refractivity contribution < 1.29 is 9.53 Å². The predicted octanol–water partition coefficient (Wildman–Crippen LogP) is 1.93. The van der Waals surface area contributed by atoms with Crippen molar-refractivity contribution in [3.8, 4) is 0 Å². The molecule has 2 heterocycles. The van der Waals surface area contributed by atoms with Crippen molar-refractivity contribution in [2.45, 2.75) is 37.8 Å². The Kier molecular flexibility index (Phi) is 4.10. The molecule has 5 heteroatoms. The van der Waals surface area contributed by atoms with E-state index >= 15 is 0 Å². The van der Waals surface area contributed by atoms with Gasteiger partial charge in [0.25, 0.3) is 5.91 Å². The Labute approximate surface area is 125 Å². The maximum atomic E-state index is 12.8. The first-order chi connectivity index (χ1) is 10.2. The number of rotatable bonds is 2. The van der Waals surface area contributed by atoms with Gasteiger partial charge in [-0.05, 0) is 25.0 Å². The fraction of sp³-hybridized carbons (Fsp3) is 0.625. The second-order valence-corrected chi connectivity index (χ2v) is 6.06. The third kappa shape index (κ3) is 2.88. The highest BCUT2D eigenvalue weighted by Crippen LogP contribution is 2.29. The van der Waals surface area contributed by atoms with Gasteiger partial charge in [0, 0.05) is 26.8 Å². The summed E-state index contributed by atoms with van der Waals surface area (Å²) in [6.07, 6.45) is 6.44. The molecule has 114 valence electrons. The number of ether oxygens (including phenoxy) is 1. The highest BCUT2D eigenvalue weighted by atomic mass is 16.5. The molecule has 0 aromatic carbocycles. The summed E-state index contributed by atoms with van der Waals surface area (Å²) in [5.74, 6) is 0.956. The molecule has 0 N–H and O–H groups in total. The number of morpholine rings is 1. The zero-order valence-corrected chi connectivity index (χ0v) is 12.8. The average molecular weight is 289 g/mol. The van der Waals surface area contributed by atoms with Crippen LogP contribution in [0.2, 0.25) is 0 Å². The van der Waals surface area contributed by atoms with E-state index < -0.39 is 0 Å². The quantitative estimate of drug-likeness (QED) is 0.834. The Morgan fingerprint density at radius 1 is 1.33 bits per heavy atom. The molecule has 5 nitrogen and oxygen atoms in total. The Balaban J connectivity index is 1.77. The molecule has 1 saturated heterocycles. The monoisotopic (exact) mass is 289 g/mol. The van der Waals surface area contributed by atoms with Gasteiger partial charge in [-0.25, -0.2) is 4.98 Å². The predicted molar refractivity (Wildman–Crippen MR) is 81.6 cm³/mol. The van der Waals surface area contributed by atoms with E-state index in [1.165, 1.54) is 12.8 Å². The molecule has 3 rings (SSSR count). The largest absolute Gasteiger partial charge is 0.374 e. The van der Waals surface area contributed by atoms with Crippen molar-refractivity contribution in [3.05, 3.63) is 23.9 Å². The SMILES string of the molecule is CN(C)c1ccc(C(=O)N2CCO[C@@H]3CCCC[C@H]32)cn1. The number of anilines is 1. The summed E-state index contributed by atoms with van der Waals surface area (Å²) in [7, 11) is 3.89. The highest BCUT2D eigenvalue weighted by molar-refractivity contribution is 5.94. The van der Waals surface area contributed by atoms with Crippen LogP contribution in [0.5, 0.6) is 0 Å². The van der Waals surface area contributed by atoms with E-state index in [2.05, 4.69) is 4.98 Å². The number of pyridine rings is 1. The normalized spacial score (nSPS) is 25.3. The number of aromatic nitrogens is 1.